The number of benzene rings is 1. The van der Waals surface area contributed by atoms with Crippen LogP contribution in [0.2, 0.25) is 0 Å². The van der Waals surface area contributed by atoms with Crippen LogP contribution in [0.1, 0.15) is 25.8 Å². The maximum absolute atomic E-state index is 10.9. The fourth-order valence-electron chi connectivity index (χ4n) is 0.710. The molecule has 1 unspecified atom stereocenters. The Morgan fingerprint density at radius 2 is 1.64 bits per heavy atom. The van der Waals surface area contributed by atoms with Crippen LogP contribution in [0.15, 0.2) is 29.2 Å². The van der Waals surface area contributed by atoms with E-state index >= 15 is 0 Å². The number of hydrogen-bond donors (Lipinski definition) is 1. The first kappa shape index (κ1) is 13.5. The Labute approximate surface area is 90.9 Å². The van der Waals surface area contributed by atoms with E-state index in [1.165, 1.54) is 6.42 Å². The molecule has 0 saturated heterocycles. The molecule has 0 aliphatic carbocycles. The summed E-state index contributed by atoms with van der Waals surface area (Å²) in [5.41, 5.74) is 1.05. The van der Waals surface area contributed by atoms with Gasteiger partial charge in [0.15, 0.2) is 8.77 Å². The van der Waals surface area contributed by atoms with E-state index in [-0.39, 0.29) is 0 Å². The van der Waals surface area contributed by atoms with Crippen LogP contribution in [0.4, 0.5) is 0 Å². The molecule has 0 saturated carbocycles. The molecule has 0 bridgehead atoms. The van der Waals surface area contributed by atoms with Crippen LogP contribution in [-0.4, -0.2) is 8.76 Å². The number of aryl methyl sites for hydroxylation is 1. The highest BCUT2D eigenvalue weighted by Crippen LogP contribution is 2.09. The van der Waals surface area contributed by atoms with Gasteiger partial charge in [0.25, 0.3) is 0 Å². The average Bonchev–Trinajstić information content (AvgIpc) is 2.04. The van der Waals surface area contributed by atoms with Crippen LogP contribution in [0, 0.1) is 6.92 Å². The predicted octanol–water partition coefficient (Wildman–Crippen LogP) is 2.99. The Hall–Kier alpha value is -0.450. The van der Waals surface area contributed by atoms with Gasteiger partial charge in [-0.2, -0.15) is 0 Å². The quantitative estimate of drug-likeness (QED) is 0.809. The molecule has 1 aromatic rings. The lowest BCUT2D eigenvalue weighted by atomic mass is 10.2. The lowest BCUT2D eigenvalue weighted by Gasteiger charge is -1.98. The molecule has 0 spiro atoms. The molecule has 0 aromatic heterocycles. The Kier molecular flexibility index (Phi) is 5.92. The normalized spacial score (nSPS) is 13.7. The van der Waals surface area contributed by atoms with Gasteiger partial charge in [-0.15, -0.1) is 0 Å². The van der Waals surface area contributed by atoms with Gasteiger partial charge in [-0.25, -0.2) is 4.21 Å². The van der Waals surface area contributed by atoms with Gasteiger partial charge < -0.3 is 4.55 Å². The molecule has 0 aliphatic heterocycles. The molecule has 0 fully saturated rings. The minimum absolute atomic E-state index is 0.304. The molecule has 2 nitrogen and oxygen atoms in total. The van der Waals surface area contributed by atoms with Crippen LogP contribution in [0.25, 0.3) is 0 Å². The maximum atomic E-state index is 10.9. The Bertz CT molecular complexity index is 352. The highest BCUT2D eigenvalue weighted by Gasteiger charge is 2.02. The molecule has 1 N–H and O–H groups in total. The highest BCUT2D eigenvalue weighted by atomic mass is 32.8. The van der Waals surface area contributed by atoms with Crippen molar-refractivity contribution in [2.75, 3.05) is 0 Å². The summed E-state index contributed by atoms with van der Waals surface area (Å²) in [4.78, 5) is 0.304. The standard InChI is InChI=1S/C7H8O2S2.C3H8/c1-6-2-4-7(5-3-6)11(8,9)10;1-3-2/h2-5H,1H3,(H,8,9,10);3H2,1-2H3. The summed E-state index contributed by atoms with van der Waals surface area (Å²) in [5.74, 6) is 0. The zero-order valence-electron chi connectivity index (χ0n) is 8.69. The van der Waals surface area contributed by atoms with Gasteiger partial charge >= 0.3 is 0 Å². The zero-order valence-corrected chi connectivity index (χ0v) is 10.3. The van der Waals surface area contributed by atoms with Crippen molar-refractivity contribution < 1.29 is 8.76 Å². The predicted molar refractivity (Wildman–Crippen MR) is 63.5 cm³/mol. The minimum Gasteiger partial charge on any atom is -0.302 e. The van der Waals surface area contributed by atoms with Gasteiger partial charge in [0.05, 0.1) is 4.90 Å². The molecule has 0 heterocycles. The Morgan fingerprint density at radius 1 is 1.29 bits per heavy atom. The number of rotatable bonds is 1. The monoisotopic (exact) mass is 232 g/mol. The molecule has 1 aromatic carbocycles. The molecule has 4 heteroatoms. The van der Waals surface area contributed by atoms with Gasteiger partial charge in [0.2, 0.25) is 0 Å². The molecular formula is C10H16O2S2. The third kappa shape index (κ3) is 5.32. The van der Waals surface area contributed by atoms with Gasteiger partial charge in [0, 0.05) is 11.2 Å². The zero-order chi connectivity index (χ0) is 11.2. The fraction of sp³-hybridized carbons (Fsp3) is 0.400. The largest absolute Gasteiger partial charge is 0.302 e. The third-order valence-corrected chi connectivity index (χ3v) is 2.76. The van der Waals surface area contributed by atoms with E-state index in [0.717, 1.165) is 5.56 Å². The molecule has 0 radical (unpaired) electrons. The van der Waals surface area contributed by atoms with Crippen molar-refractivity contribution in [1.29, 1.82) is 0 Å². The smallest absolute Gasteiger partial charge is 0.171 e. The van der Waals surface area contributed by atoms with Crippen LogP contribution in [-0.2, 0) is 20.0 Å². The SMILES string of the molecule is CCC.Cc1ccc(S(=O)(O)=S)cc1. The van der Waals surface area contributed by atoms with Crippen LogP contribution in [0.5, 0.6) is 0 Å². The second-order valence-electron chi connectivity index (χ2n) is 3.00. The second-order valence-corrected chi connectivity index (χ2v) is 5.77. The lowest BCUT2D eigenvalue weighted by molar-refractivity contribution is 0.561. The van der Waals surface area contributed by atoms with E-state index in [4.69, 9.17) is 4.55 Å². The first-order valence-corrected chi connectivity index (χ1v) is 6.90. The number of hydrogen-bond acceptors (Lipinski definition) is 2. The summed E-state index contributed by atoms with van der Waals surface area (Å²) in [6.45, 7) is 6.16. The van der Waals surface area contributed by atoms with Crippen LogP contribution < -0.4 is 0 Å². The molecule has 80 valence electrons. The summed E-state index contributed by atoms with van der Waals surface area (Å²) in [7, 11) is -3.19. The van der Waals surface area contributed by atoms with E-state index in [0.29, 0.717) is 4.90 Å². The topological polar surface area (TPSA) is 37.3 Å². The molecule has 1 atom stereocenters. The summed E-state index contributed by atoms with van der Waals surface area (Å²) >= 11 is 4.38. The average molecular weight is 232 g/mol. The Balaban J connectivity index is 0.000000500. The summed E-state index contributed by atoms with van der Waals surface area (Å²) < 4.78 is 19.8. The van der Waals surface area contributed by atoms with Crippen molar-refractivity contribution in [3.63, 3.8) is 0 Å². The fourth-order valence-corrected chi connectivity index (χ4v) is 1.52. The second kappa shape index (κ2) is 6.11. The van der Waals surface area contributed by atoms with E-state index in [1.54, 1.807) is 24.3 Å². The molecule has 14 heavy (non-hydrogen) atoms. The maximum Gasteiger partial charge on any atom is 0.171 e. The lowest BCUT2D eigenvalue weighted by Crippen LogP contribution is -1.95. The third-order valence-electron chi connectivity index (χ3n) is 1.32. The van der Waals surface area contributed by atoms with Crippen molar-refractivity contribution in [2.45, 2.75) is 32.1 Å². The van der Waals surface area contributed by atoms with Gasteiger partial charge in [-0.1, -0.05) is 38.0 Å². The van der Waals surface area contributed by atoms with Crippen molar-refractivity contribution in [1.82, 2.24) is 0 Å². The van der Waals surface area contributed by atoms with Gasteiger partial charge in [-0.05, 0) is 19.1 Å². The van der Waals surface area contributed by atoms with Gasteiger partial charge in [-0.3, -0.25) is 0 Å². The van der Waals surface area contributed by atoms with Crippen LogP contribution >= 0.6 is 0 Å². The van der Waals surface area contributed by atoms with E-state index in [1.807, 2.05) is 6.92 Å². The van der Waals surface area contributed by atoms with E-state index in [9.17, 15) is 4.21 Å². The van der Waals surface area contributed by atoms with Crippen molar-refractivity contribution in [3.05, 3.63) is 29.8 Å². The van der Waals surface area contributed by atoms with Crippen molar-refractivity contribution >= 4 is 20.0 Å². The molecular weight excluding hydrogens is 216 g/mol. The highest BCUT2D eigenvalue weighted by molar-refractivity contribution is 8.29. The van der Waals surface area contributed by atoms with Crippen LogP contribution in [0.3, 0.4) is 0 Å². The summed E-state index contributed by atoms with van der Waals surface area (Å²) in [5, 5.41) is 0. The van der Waals surface area contributed by atoms with E-state index < -0.39 is 8.77 Å². The molecule has 1 rings (SSSR count). The molecule has 0 amide bonds. The van der Waals surface area contributed by atoms with Crippen molar-refractivity contribution in [2.24, 2.45) is 0 Å². The first-order valence-electron chi connectivity index (χ1n) is 4.46. The van der Waals surface area contributed by atoms with Gasteiger partial charge in [0.1, 0.15) is 0 Å². The Morgan fingerprint density at radius 3 is 1.93 bits per heavy atom. The summed E-state index contributed by atoms with van der Waals surface area (Å²) in [6, 6.07) is 6.67. The first-order chi connectivity index (χ1) is 6.41. The summed E-state index contributed by atoms with van der Waals surface area (Å²) in [6.07, 6.45) is 1.25. The minimum atomic E-state index is -3.19. The molecule has 0 aliphatic rings. The van der Waals surface area contributed by atoms with Crippen molar-refractivity contribution in [3.8, 4) is 0 Å². The van der Waals surface area contributed by atoms with E-state index in [2.05, 4.69) is 25.0 Å².